The first-order valence-corrected chi connectivity index (χ1v) is 15.4. The van der Waals surface area contributed by atoms with E-state index in [4.69, 9.17) is 18.6 Å². The molecule has 0 aromatic carbocycles. The average Bonchev–Trinajstić information content (AvgIpc) is 3.38. The van der Waals surface area contributed by atoms with Gasteiger partial charge in [-0.3, -0.25) is 4.90 Å². The van der Waals surface area contributed by atoms with Gasteiger partial charge in [0.1, 0.15) is 29.6 Å². The van der Waals surface area contributed by atoms with E-state index >= 15 is 0 Å². The SMILES string of the molecule is CCCCN1[C@H](CO[Si](C)(C)C(C)(C)C)[C@H]2OC(C)(C)O[C@H]2[C@@H]1c1c[nH]c2c(OC)ncnc12. The van der Waals surface area contributed by atoms with Gasteiger partial charge in [0.25, 0.3) is 0 Å². The highest BCUT2D eigenvalue weighted by Crippen LogP contribution is 2.49. The lowest BCUT2D eigenvalue weighted by atomic mass is 10.0. The van der Waals surface area contributed by atoms with Crippen LogP contribution in [-0.4, -0.2) is 72.5 Å². The minimum atomic E-state index is -1.92. The predicted molar refractivity (Wildman–Crippen MR) is 136 cm³/mol. The molecule has 2 aliphatic rings. The third-order valence-electron chi connectivity index (χ3n) is 7.80. The summed E-state index contributed by atoms with van der Waals surface area (Å²) in [4.78, 5) is 14.8. The summed E-state index contributed by atoms with van der Waals surface area (Å²) in [7, 11) is -0.293. The molecule has 0 radical (unpaired) electrons. The molecule has 4 heterocycles. The lowest BCUT2D eigenvalue weighted by molar-refractivity contribution is -0.170. The standard InChI is InChI=1S/C25H42N4O4Si/c1-10-11-12-29-17(14-31-34(8,9)24(2,3)4)21-22(33-25(5,6)32-21)20(29)16-13-26-19-18(16)27-15-28-23(19)30-7/h13,15,17,20-22,26H,10-12,14H2,1-9H3/t17-,20+,21-,22+/m1/s1. The molecule has 2 aliphatic heterocycles. The molecule has 8 nitrogen and oxygen atoms in total. The highest BCUT2D eigenvalue weighted by Gasteiger charge is 2.58. The molecular weight excluding hydrogens is 448 g/mol. The van der Waals surface area contributed by atoms with Crippen molar-refractivity contribution >= 4 is 19.4 Å². The molecule has 2 saturated heterocycles. The smallest absolute Gasteiger partial charge is 0.241 e. The number of fused-ring (bicyclic) bond motifs is 2. The lowest BCUT2D eigenvalue weighted by Crippen LogP contribution is -2.48. The number of likely N-dealkylation sites (tertiary alicyclic amines) is 1. The Morgan fingerprint density at radius 1 is 1.18 bits per heavy atom. The van der Waals surface area contributed by atoms with E-state index in [1.807, 2.05) is 20.0 Å². The van der Waals surface area contributed by atoms with E-state index < -0.39 is 14.1 Å². The summed E-state index contributed by atoms with van der Waals surface area (Å²) in [6, 6.07) is 0.103. The molecule has 0 unspecified atom stereocenters. The summed E-state index contributed by atoms with van der Waals surface area (Å²) in [5, 5.41) is 0.148. The van der Waals surface area contributed by atoms with Gasteiger partial charge in [-0.1, -0.05) is 34.1 Å². The molecule has 190 valence electrons. The van der Waals surface area contributed by atoms with E-state index in [9.17, 15) is 0 Å². The number of hydrogen-bond acceptors (Lipinski definition) is 7. The van der Waals surface area contributed by atoms with E-state index in [0.717, 1.165) is 36.0 Å². The van der Waals surface area contributed by atoms with Crippen molar-refractivity contribution in [3.63, 3.8) is 0 Å². The van der Waals surface area contributed by atoms with E-state index in [2.05, 4.69) is 60.6 Å². The molecular formula is C25H42N4O4Si. The van der Waals surface area contributed by atoms with Gasteiger partial charge in [-0.25, -0.2) is 4.98 Å². The van der Waals surface area contributed by atoms with Crippen LogP contribution in [0.15, 0.2) is 12.5 Å². The zero-order valence-corrected chi connectivity index (χ0v) is 23.3. The Labute approximate surface area is 204 Å². The third kappa shape index (κ3) is 4.53. The monoisotopic (exact) mass is 490 g/mol. The number of aromatic amines is 1. The van der Waals surface area contributed by atoms with Crippen molar-refractivity contribution < 1.29 is 18.6 Å². The minimum Gasteiger partial charge on any atom is -0.479 e. The molecule has 0 saturated carbocycles. The molecule has 4 atom stereocenters. The Hall–Kier alpha value is -1.52. The Morgan fingerprint density at radius 3 is 2.53 bits per heavy atom. The average molecular weight is 491 g/mol. The fourth-order valence-corrected chi connectivity index (χ4v) is 5.98. The second kappa shape index (κ2) is 9.17. The zero-order chi connectivity index (χ0) is 24.9. The van der Waals surface area contributed by atoms with Gasteiger partial charge in [0, 0.05) is 11.8 Å². The van der Waals surface area contributed by atoms with Crippen molar-refractivity contribution in [3.8, 4) is 5.88 Å². The van der Waals surface area contributed by atoms with Crippen LogP contribution in [0, 0.1) is 0 Å². The van der Waals surface area contributed by atoms with Crippen LogP contribution in [0.4, 0.5) is 0 Å². The Morgan fingerprint density at radius 2 is 1.88 bits per heavy atom. The van der Waals surface area contributed by atoms with Crippen LogP contribution in [0.2, 0.25) is 18.1 Å². The number of rotatable bonds is 8. The van der Waals surface area contributed by atoms with Crippen LogP contribution in [-0.2, 0) is 13.9 Å². The Bertz CT molecular complexity index is 1000. The maximum Gasteiger partial charge on any atom is 0.241 e. The molecule has 0 bridgehead atoms. The van der Waals surface area contributed by atoms with Crippen LogP contribution in [0.5, 0.6) is 5.88 Å². The van der Waals surface area contributed by atoms with Gasteiger partial charge in [0.2, 0.25) is 5.88 Å². The van der Waals surface area contributed by atoms with Crippen LogP contribution < -0.4 is 4.74 Å². The number of unbranched alkanes of at least 4 members (excludes halogenated alkanes) is 1. The third-order valence-corrected chi connectivity index (χ3v) is 12.3. The lowest BCUT2D eigenvalue weighted by Gasteiger charge is -2.39. The second-order valence-corrected chi connectivity index (χ2v) is 16.4. The maximum absolute atomic E-state index is 6.76. The molecule has 34 heavy (non-hydrogen) atoms. The molecule has 1 N–H and O–H groups in total. The number of hydrogen-bond donors (Lipinski definition) is 1. The molecule has 2 fully saturated rings. The summed E-state index contributed by atoms with van der Waals surface area (Å²) in [5.74, 6) is -0.0917. The van der Waals surface area contributed by atoms with Crippen LogP contribution in [0.3, 0.4) is 0 Å². The summed E-state index contributed by atoms with van der Waals surface area (Å²) in [6.45, 7) is 19.3. The number of ether oxygens (including phenoxy) is 3. The van der Waals surface area contributed by atoms with Gasteiger partial charge in [0.05, 0.1) is 25.8 Å². The van der Waals surface area contributed by atoms with Crippen molar-refractivity contribution in [2.75, 3.05) is 20.3 Å². The predicted octanol–water partition coefficient (Wildman–Crippen LogP) is 5.03. The van der Waals surface area contributed by atoms with Crippen molar-refractivity contribution in [2.45, 2.75) is 103 Å². The molecule has 0 amide bonds. The number of nitrogens with zero attached hydrogens (tertiary/aromatic N) is 3. The van der Waals surface area contributed by atoms with Gasteiger partial charge in [-0.2, -0.15) is 4.98 Å². The highest BCUT2D eigenvalue weighted by molar-refractivity contribution is 6.74. The van der Waals surface area contributed by atoms with E-state index in [0.29, 0.717) is 12.5 Å². The number of methoxy groups -OCH3 is 1. The van der Waals surface area contributed by atoms with Crippen molar-refractivity contribution in [3.05, 3.63) is 18.1 Å². The van der Waals surface area contributed by atoms with Gasteiger partial charge in [-0.05, 0) is 44.9 Å². The summed E-state index contributed by atoms with van der Waals surface area (Å²) in [5.41, 5.74) is 2.78. The first-order valence-electron chi connectivity index (χ1n) is 12.5. The molecule has 2 aromatic heterocycles. The largest absolute Gasteiger partial charge is 0.479 e. The normalized spacial score (nSPS) is 27.4. The molecule has 0 spiro atoms. The Kier molecular flexibility index (Phi) is 6.89. The van der Waals surface area contributed by atoms with Gasteiger partial charge < -0.3 is 23.6 Å². The van der Waals surface area contributed by atoms with Crippen LogP contribution in [0.1, 0.15) is 66.0 Å². The highest BCUT2D eigenvalue weighted by atomic mass is 28.4. The van der Waals surface area contributed by atoms with Crippen LogP contribution in [0.25, 0.3) is 11.0 Å². The zero-order valence-electron chi connectivity index (χ0n) is 22.3. The molecule has 0 aliphatic carbocycles. The molecule has 2 aromatic rings. The molecule has 9 heteroatoms. The topological polar surface area (TPSA) is 81.7 Å². The van der Waals surface area contributed by atoms with E-state index in [-0.39, 0.29) is 29.3 Å². The minimum absolute atomic E-state index is 0.000281. The first-order chi connectivity index (χ1) is 15.9. The van der Waals surface area contributed by atoms with Crippen molar-refractivity contribution in [1.82, 2.24) is 19.9 Å². The number of aromatic nitrogens is 3. The van der Waals surface area contributed by atoms with Crippen LogP contribution >= 0.6 is 0 Å². The summed E-state index contributed by atoms with van der Waals surface area (Å²) in [6.07, 6.45) is 5.63. The quantitative estimate of drug-likeness (QED) is 0.520. The van der Waals surface area contributed by atoms with E-state index in [1.165, 1.54) is 0 Å². The summed E-state index contributed by atoms with van der Waals surface area (Å²) >= 11 is 0. The van der Waals surface area contributed by atoms with Crippen molar-refractivity contribution in [1.29, 1.82) is 0 Å². The van der Waals surface area contributed by atoms with Crippen molar-refractivity contribution in [2.24, 2.45) is 0 Å². The Balaban J connectivity index is 1.74. The van der Waals surface area contributed by atoms with E-state index in [1.54, 1.807) is 13.4 Å². The fourth-order valence-electron chi connectivity index (χ4n) is 4.96. The van der Waals surface area contributed by atoms with Gasteiger partial charge in [-0.15, -0.1) is 0 Å². The fraction of sp³-hybridized carbons (Fsp3) is 0.760. The van der Waals surface area contributed by atoms with Gasteiger partial charge in [0.15, 0.2) is 14.1 Å². The first kappa shape index (κ1) is 25.6. The summed E-state index contributed by atoms with van der Waals surface area (Å²) < 4.78 is 25.3. The maximum atomic E-state index is 6.76. The van der Waals surface area contributed by atoms with Gasteiger partial charge >= 0.3 is 0 Å². The number of H-pyrrole nitrogens is 1. The molecule has 4 rings (SSSR count). The second-order valence-electron chi connectivity index (χ2n) is 11.6. The number of nitrogens with one attached hydrogen (secondary N) is 1.